The first-order valence-electron chi connectivity index (χ1n) is 7.03. The van der Waals surface area contributed by atoms with Crippen LogP contribution in [0.15, 0.2) is 24.3 Å². The van der Waals surface area contributed by atoms with Crippen molar-refractivity contribution in [3.05, 3.63) is 24.3 Å². The Balaban J connectivity index is 2.06. The third kappa shape index (κ3) is 3.36. The smallest absolute Gasteiger partial charge is 0.227 e. The maximum absolute atomic E-state index is 12.0. The maximum Gasteiger partial charge on any atom is 0.227 e. The molecular weight excluding hydrogens is 254 g/mol. The summed E-state index contributed by atoms with van der Waals surface area (Å²) in [5.41, 5.74) is 7.02. The zero-order chi connectivity index (χ0) is 14.5. The minimum absolute atomic E-state index is 0.0413. The van der Waals surface area contributed by atoms with Crippen molar-refractivity contribution in [3.63, 3.8) is 0 Å². The fourth-order valence-electron chi connectivity index (χ4n) is 2.32. The number of nitrogens with one attached hydrogen (secondary N) is 1. The molecule has 108 valence electrons. The molecule has 1 heterocycles. The van der Waals surface area contributed by atoms with Gasteiger partial charge in [-0.25, -0.2) is 0 Å². The van der Waals surface area contributed by atoms with E-state index in [1.807, 2.05) is 31.2 Å². The van der Waals surface area contributed by atoms with Gasteiger partial charge in [0.05, 0.1) is 0 Å². The van der Waals surface area contributed by atoms with Gasteiger partial charge in [-0.1, -0.05) is 13.0 Å². The summed E-state index contributed by atoms with van der Waals surface area (Å²) in [6.07, 6.45) is 2.16. The molecule has 1 atom stereocenters. The van der Waals surface area contributed by atoms with E-state index < -0.39 is 0 Å². The van der Waals surface area contributed by atoms with Crippen molar-refractivity contribution in [1.82, 2.24) is 0 Å². The Morgan fingerprint density at radius 3 is 2.95 bits per heavy atom. The van der Waals surface area contributed by atoms with E-state index >= 15 is 0 Å². The van der Waals surface area contributed by atoms with Crippen LogP contribution in [0.4, 0.5) is 11.4 Å². The molecule has 1 saturated heterocycles. The minimum atomic E-state index is -0.114. The van der Waals surface area contributed by atoms with Crippen LogP contribution in [0.1, 0.15) is 26.2 Å². The normalized spacial score (nSPS) is 16.3. The molecule has 1 aromatic rings. The van der Waals surface area contributed by atoms with Gasteiger partial charge in [0.1, 0.15) is 0 Å². The number of amides is 2. The Hall–Kier alpha value is -1.88. The van der Waals surface area contributed by atoms with Crippen molar-refractivity contribution in [1.29, 1.82) is 0 Å². The molecule has 1 aliphatic rings. The number of hydrogen-bond donors (Lipinski definition) is 2. The summed E-state index contributed by atoms with van der Waals surface area (Å²) >= 11 is 0. The first-order chi connectivity index (χ1) is 9.61. The molecule has 5 nitrogen and oxygen atoms in total. The highest BCUT2D eigenvalue weighted by molar-refractivity contribution is 5.97. The lowest BCUT2D eigenvalue weighted by Crippen LogP contribution is -2.25. The topological polar surface area (TPSA) is 75.4 Å². The number of nitrogens with zero attached hydrogens (tertiary/aromatic N) is 1. The molecule has 0 saturated carbocycles. The van der Waals surface area contributed by atoms with Crippen molar-refractivity contribution in [2.24, 2.45) is 11.7 Å². The molecule has 1 unspecified atom stereocenters. The molecule has 0 spiro atoms. The van der Waals surface area contributed by atoms with Gasteiger partial charge in [-0.2, -0.15) is 0 Å². The first-order valence-corrected chi connectivity index (χ1v) is 7.03. The van der Waals surface area contributed by atoms with E-state index in [1.165, 1.54) is 0 Å². The van der Waals surface area contributed by atoms with Crippen LogP contribution in [-0.4, -0.2) is 24.9 Å². The van der Waals surface area contributed by atoms with Crippen LogP contribution in [0.3, 0.4) is 0 Å². The Labute approximate surface area is 119 Å². The highest BCUT2D eigenvalue weighted by Gasteiger charge is 2.22. The van der Waals surface area contributed by atoms with Gasteiger partial charge in [-0.05, 0) is 37.6 Å². The molecular formula is C15H21N3O2. The summed E-state index contributed by atoms with van der Waals surface area (Å²) in [5, 5.41) is 2.87. The van der Waals surface area contributed by atoms with Crippen LogP contribution < -0.4 is 16.0 Å². The average Bonchev–Trinajstić information content (AvgIpc) is 2.85. The fraction of sp³-hybridized carbons (Fsp3) is 0.467. The number of nitrogens with two attached hydrogens (primary N) is 1. The summed E-state index contributed by atoms with van der Waals surface area (Å²) in [6, 6.07) is 7.42. The van der Waals surface area contributed by atoms with E-state index in [2.05, 4.69) is 5.32 Å². The summed E-state index contributed by atoms with van der Waals surface area (Å²) in [4.78, 5) is 25.4. The number of anilines is 2. The first kappa shape index (κ1) is 14.5. The van der Waals surface area contributed by atoms with Crippen molar-refractivity contribution in [3.8, 4) is 0 Å². The second-order valence-corrected chi connectivity index (χ2v) is 5.17. The standard InChI is InChI=1S/C15H21N3O2/c1-11(7-8-16)15(20)17-12-4-2-5-13(10-12)18-9-3-6-14(18)19/h2,4-5,10-11H,3,6-9,16H2,1H3,(H,17,20). The summed E-state index contributed by atoms with van der Waals surface area (Å²) in [6.45, 7) is 3.10. The molecule has 20 heavy (non-hydrogen) atoms. The summed E-state index contributed by atoms with van der Waals surface area (Å²) < 4.78 is 0. The highest BCUT2D eigenvalue weighted by Crippen LogP contribution is 2.24. The number of hydrogen-bond acceptors (Lipinski definition) is 3. The van der Waals surface area contributed by atoms with E-state index in [4.69, 9.17) is 5.73 Å². The highest BCUT2D eigenvalue weighted by atomic mass is 16.2. The van der Waals surface area contributed by atoms with E-state index in [-0.39, 0.29) is 17.7 Å². The molecule has 0 radical (unpaired) electrons. The predicted molar refractivity (Wildman–Crippen MR) is 79.5 cm³/mol. The van der Waals surface area contributed by atoms with Crippen LogP contribution >= 0.6 is 0 Å². The van der Waals surface area contributed by atoms with E-state index in [0.29, 0.717) is 19.4 Å². The molecule has 0 aliphatic carbocycles. The van der Waals surface area contributed by atoms with Gasteiger partial charge in [-0.15, -0.1) is 0 Å². The molecule has 0 aromatic heterocycles. The molecule has 1 aromatic carbocycles. The summed E-state index contributed by atoms with van der Waals surface area (Å²) in [5.74, 6) is -0.0117. The van der Waals surface area contributed by atoms with Gasteiger partial charge in [0, 0.05) is 30.3 Å². The van der Waals surface area contributed by atoms with Gasteiger partial charge in [0.25, 0.3) is 0 Å². The Bertz CT molecular complexity index is 502. The van der Waals surface area contributed by atoms with Crippen LogP contribution in [0.5, 0.6) is 0 Å². The van der Waals surface area contributed by atoms with Gasteiger partial charge in [-0.3, -0.25) is 9.59 Å². The van der Waals surface area contributed by atoms with Gasteiger partial charge in [0.15, 0.2) is 0 Å². The molecule has 2 rings (SSSR count). The lowest BCUT2D eigenvalue weighted by atomic mass is 10.1. The van der Waals surface area contributed by atoms with Crippen molar-refractivity contribution < 1.29 is 9.59 Å². The van der Waals surface area contributed by atoms with E-state index in [1.54, 1.807) is 4.90 Å². The van der Waals surface area contributed by atoms with Gasteiger partial charge in [0.2, 0.25) is 11.8 Å². The number of carbonyl (C=O) groups is 2. The summed E-state index contributed by atoms with van der Waals surface area (Å²) in [7, 11) is 0. The van der Waals surface area contributed by atoms with Crippen LogP contribution in [0.25, 0.3) is 0 Å². The van der Waals surface area contributed by atoms with Gasteiger partial charge >= 0.3 is 0 Å². The largest absolute Gasteiger partial charge is 0.330 e. The fourth-order valence-corrected chi connectivity index (χ4v) is 2.32. The quantitative estimate of drug-likeness (QED) is 0.859. The maximum atomic E-state index is 12.0. The molecule has 5 heteroatoms. The van der Waals surface area contributed by atoms with E-state index in [9.17, 15) is 9.59 Å². The van der Waals surface area contributed by atoms with Crippen LogP contribution in [0.2, 0.25) is 0 Å². The molecule has 1 aliphatic heterocycles. The monoisotopic (exact) mass is 275 g/mol. The Morgan fingerprint density at radius 1 is 1.50 bits per heavy atom. The van der Waals surface area contributed by atoms with Crippen LogP contribution in [0, 0.1) is 5.92 Å². The van der Waals surface area contributed by atoms with E-state index in [0.717, 1.165) is 24.3 Å². The SMILES string of the molecule is CC(CCN)C(=O)Nc1cccc(N2CCCC2=O)c1. The molecule has 2 amide bonds. The lowest BCUT2D eigenvalue weighted by Gasteiger charge is -2.17. The third-order valence-corrected chi connectivity index (χ3v) is 3.55. The third-order valence-electron chi connectivity index (χ3n) is 3.55. The lowest BCUT2D eigenvalue weighted by molar-refractivity contribution is -0.119. The minimum Gasteiger partial charge on any atom is -0.330 e. The zero-order valence-corrected chi connectivity index (χ0v) is 11.8. The Kier molecular flexibility index (Phi) is 4.74. The number of rotatable bonds is 5. The second-order valence-electron chi connectivity index (χ2n) is 5.17. The number of benzene rings is 1. The Morgan fingerprint density at radius 2 is 2.30 bits per heavy atom. The second kappa shape index (κ2) is 6.52. The molecule has 3 N–H and O–H groups in total. The van der Waals surface area contributed by atoms with Crippen molar-refractivity contribution >= 4 is 23.2 Å². The van der Waals surface area contributed by atoms with Crippen molar-refractivity contribution in [2.45, 2.75) is 26.2 Å². The number of carbonyl (C=O) groups excluding carboxylic acids is 2. The average molecular weight is 275 g/mol. The predicted octanol–water partition coefficient (Wildman–Crippen LogP) is 1.74. The zero-order valence-electron chi connectivity index (χ0n) is 11.8. The van der Waals surface area contributed by atoms with Crippen molar-refractivity contribution in [2.75, 3.05) is 23.3 Å². The van der Waals surface area contributed by atoms with Gasteiger partial charge < -0.3 is 16.0 Å². The van der Waals surface area contributed by atoms with Crippen LogP contribution in [-0.2, 0) is 9.59 Å². The molecule has 1 fully saturated rings. The molecule has 0 bridgehead atoms.